The second-order valence-electron chi connectivity index (χ2n) is 4.13. The van der Waals surface area contributed by atoms with E-state index < -0.39 is 12.2 Å². The van der Waals surface area contributed by atoms with Crippen molar-refractivity contribution in [3.05, 3.63) is 18.2 Å². The SMILES string of the molecule is NCCn1cnc(C(=O)N2C[C@@H](O)[C@@H](O)C2)c1. The topological polar surface area (TPSA) is 105 Å². The zero-order valence-corrected chi connectivity index (χ0v) is 9.36. The lowest BCUT2D eigenvalue weighted by Gasteiger charge is -2.13. The van der Waals surface area contributed by atoms with E-state index in [0.717, 1.165) is 0 Å². The average Bonchev–Trinajstić information content (AvgIpc) is 2.87. The number of hydrogen-bond donors (Lipinski definition) is 3. The molecule has 0 aromatic carbocycles. The molecule has 1 aromatic heterocycles. The van der Waals surface area contributed by atoms with Crippen LogP contribution >= 0.6 is 0 Å². The first-order valence-electron chi connectivity index (χ1n) is 5.49. The van der Waals surface area contributed by atoms with E-state index in [1.807, 2.05) is 0 Å². The molecule has 0 unspecified atom stereocenters. The Morgan fingerprint density at radius 1 is 1.47 bits per heavy atom. The summed E-state index contributed by atoms with van der Waals surface area (Å²) in [6.45, 7) is 1.37. The first-order valence-corrected chi connectivity index (χ1v) is 5.49. The quantitative estimate of drug-likeness (QED) is 0.568. The van der Waals surface area contributed by atoms with E-state index in [2.05, 4.69) is 4.98 Å². The van der Waals surface area contributed by atoms with Crippen molar-refractivity contribution in [2.24, 2.45) is 5.73 Å². The third kappa shape index (κ3) is 2.46. The van der Waals surface area contributed by atoms with Gasteiger partial charge in [-0.15, -0.1) is 0 Å². The minimum Gasteiger partial charge on any atom is -0.388 e. The van der Waals surface area contributed by atoms with Crippen LogP contribution in [-0.4, -0.2) is 62.4 Å². The Morgan fingerprint density at radius 3 is 2.71 bits per heavy atom. The van der Waals surface area contributed by atoms with Gasteiger partial charge in [0.1, 0.15) is 5.69 Å². The Labute approximate surface area is 98.5 Å². The highest BCUT2D eigenvalue weighted by molar-refractivity contribution is 5.92. The van der Waals surface area contributed by atoms with Crippen LogP contribution in [0.25, 0.3) is 0 Å². The minimum atomic E-state index is -0.870. The van der Waals surface area contributed by atoms with Gasteiger partial charge in [-0.3, -0.25) is 4.79 Å². The van der Waals surface area contributed by atoms with Gasteiger partial charge in [-0.05, 0) is 0 Å². The lowest BCUT2D eigenvalue weighted by atomic mass is 10.3. The zero-order valence-electron chi connectivity index (χ0n) is 9.36. The molecule has 7 nitrogen and oxygen atoms in total. The summed E-state index contributed by atoms with van der Waals surface area (Å²) < 4.78 is 1.73. The zero-order chi connectivity index (χ0) is 12.4. The Balaban J connectivity index is 2.04. The summed E-state index contributed by atoms with van der Waals surface area (Å²) in [5.74, 6) is -0.281. The number of hydrogen-bond acceptors (Lipinski definition) is 5. The number of carbonyl (C=O) groups excluding carboxylic acids is 1. The van der Waals surface area contributed by atoms with Crippen LogP contribution in [0.2, 0.25) is 0 Å². The first kappa shape index (κ1) is 12.0. The fourth-order valence-corrected chi connectivity index (χ4v) is 1.84. The molecule has 1 aromatic rings. The van der Waals surface area contributed by atoms with Crippen LogP contribution in [0.3, 0.4) is 0 Å². The van der Waals surface area contributed by atoms with Crippen molar-refractivity contribution in [3.8, 4) is 0 Å². The van der Waals surface area contributed by atoms with Crippen molar-refractivity contribution in [1.82, 2.24) is 14.5 Å². The number of aliphatic hydroxyl groups is 2. The lowest BCUT2D eigenvalue weighted by molar-refractivity contribution is 0.0572. The van der Waals surface area contributed by atoms with Gasteiger partial charge in [-0.2, -0.15) is 0 Å². The van der Waals surface area contributed by atoms with E-state index in [4.69, 9.17) is 5.73 Å². The van der Waals surface area contributed by atoms with Gasteiger partial charge in [0.25, 0.3) is 5.91 Å². The molecule has 1 aliphatic rings. The molecule has 0 radical (unpaired) electrons. The number of nitrogens with zero attached hydrogens (tertiary/aromatic N) is 3. The number of amides is 1. The van der Waals surface area contributed by atoms with Gasteiger partial charge in [0.15, 0.2) is 0 Å². The smallest absolute Gasteiger partial charge is 0.274 e. The molecule has 4 N–H and O–H groups in total. The van der Waals surface area contributed by atoms with Gasteiger partial charge in [0.05, 0.1) is 18.5 Å². The molecule has 1 saturated heterocycles. The molecule has 1 fully saturated rings. The third-order valence-corrected chi connectivity index (χ3v) is 2.79. The van der Waals surface area contributed by atoms with E-state index in [9.17, 15) is 15.0 Å². The van der Waals surface area contributed by atoms with Crippen molar-refractivity contribution in [3.63, 3.8) is 0 Å². The standard InChI is InChI=1S/C10H16N4O3/c11-1-2-13-3-7(12-6-13)10(17)14-4-8(15)9(16)5-14/h3,6,8-9,15-16H,1-2,4-5,11H2/t8-,9+. The molecule has 94 valence electrons. The van der Waals surface area contributed by atoms with Crippen molar-refractivity contribution in [2.45, 2.75) is 18.8 Å². The van der Waals surface area contributed by atoms with Crippen LogP contribution < -0.4 is 5.73 Å². The number of nitrogens with two attached hydrogens (primary N) is 1. The molecule has 2 atom stereocenters. The van der Waals surface area contributed by atoms with Crippen LogP contribution in [0.15, 0.2) is 12.5 Å². The van der Waals surface area contributed by atoms with E-state index in [1.54, 1.807) is 17.1 Å². The second kappa shape index (κ2) is 4.82. The average molecular weight is 240 g/mol. The predicted molar refractivity (Wildman–Crippen MR) is 59.2 cm³/mol. The number of β-amino-alcohol motifs (C(OH)–C–C–N with tert-alkyl or cyclic N) is 2. The first-order chi connectivity index (χ1) is 8.11. The van der Waals surface area contributed by atoms with Crippen molar-refractivity contribution >= 4 is 5.91 Å². The molecule has 17 heavy (non-hydrogen) atoms. The van der Waals surface area contributed by atoms with E-state index >= 15 is 0 Å². The Kier molecular flexibility index (Phi) is 3.41. The molecule has 1 amide bonds. The highest BCUT2D eigenvalue weighted by atomic mass is 16.3. The monoisotopic (exact) mass is 240 g/mol. The predicted octanol–water partition coefficient (Wildman–Crippen LogP) is -1.98. The number of imidazole rings is 1. The maximum absolute atomic E-state index is 12.0. The Bertz CT molecular complexity index is 396. The Morgan fingerprint density at radius 2 is 2.12 bits per heavy atom. The molecule has 1 aliphatic heterocycles. The van der Waals surface area contributed by atoms with E-state index in [0.29, 0.717) is 18.8 Å². The number of likely N-dealkylation sites (tertiary alicyclic amines) is 1. The van der Waals surface area contributed by atoms with Crippen molar-refractivity contribution < 1.29 is 15.0 Å². The summed E-state index contributed by atoms with van der Waals surface area (Å²) in [6, 6.07) is 0. The van der Waals surface area contributed by atoms with Gasteiger partial charge >= 0.3 is 0 Å². The molecule has 7 heteroatoms. The maximum atomic E-state index is 12.0. The normalized spacial score (nSPS) is 24.3. The van der Waals surface area contributed by atoms with Gasteiger partial charge in [-0.25, -0.2) is 4.98 Å². The fraction of sp³-hybridized carbons (Fsp3) is 0.600. The fourth-order valence-electron chi connectivity index (χ4n) is 1.84. The summed E-state index contributed by atoms with van der Waals surface area (Å²) in [6.07, 6.45) is 1.42. The summed E-state index contributed by atoms with van der Waals surface area (Å²) in [7, 11) is 0. The van der Waals surface area contributed by atoms with Gasteiger partial charge in [0, 0.05) is 32.4 Å². The largest absolute Gasteiger partial charge is 0.388 e. The molecular formula is C10H16N4O3. The molecule has 2 rings (SSSR count). The molecular weight excluding hydrogens is 224 g/mol. The van der Waals surface area contributed by atoms with Crippen LogP contribution in [0.4, 0.5) is 0 Å². The molecule has 0 spiro atoms. The summed E-state index contributed by atoms with van der Waals surface area (Å²) in [4.78, 5) is 17.3. The number of carbonyl (C=O) groups is 1. The van der Waals surface area contributed by atoms with Crippen LogP contribution in [-0.2, 0) is 6.54 Å². The molecule has 0 saturated carbocycles. The lowest BCUT2D eigenvalue weighted by Crippen LogP contribution is -2.30. The summed E-state index contributed by atoms with van der Waals surface area (Å²) in [5, 5.41) is 18.7. The highest BCUT2D eigenvalue weighted by Crippen LogP contribution is 2.13. The van der Waals surface area contributed by atoms with Crippen LogP contribution in [0.5, 0.6) is 0 Å². The van der Waals surface area contributed by atoms with Gasteiger partial charge in [0.2, 0.25) is 0 Å². The van der Waals surface area contributed by atoms with Gasteiger partial charge < -0.3 is 25.4 Å². The second-order valence-corrected chi connectivity index (χ2v) is 4.13. The Hall–Kier alpha value is -1.44. The molecule has 0 aliphatic carbocycles. The van der Waals surface area contributed by atoms with Gasteiger partial charge in [-0.1, -0.05) is 0 Å². The summed E-state index contributed by atoms with van der Waals surface area (Å²) >= 11 is 0. The van der Waals surface area contributed by atoms with Crippen molar-refractivity contribution in [1.29, 1.82) is 0 Å². The van der Waals surface area contributed by atoms with Crippen molar-refractivity contribution in [2.75, 3.05) is 19.6 Å². The highest BCUT2D eigenvalue weighted by Gasteiger charge is 2.33. The number of aliphatic hydroxyl groups excluding tert-OH is 2. The molecule has 2 heterocycles. The van der Waals surface area contributed by atoms with Crippen LogP contribution in [0, 0.1) is 0 Å². The van der Waals surface area contributed by atoms with E-state index in [1.165, 1.54) is 4.90 Å². The number of rotatable bonds is 3. The van der Waals surface area contributed by atoms with Crippen LogP contribution in [0.1, 0.15) is 10.5 Å². The number of aromatic nitrogens is 2. The maximum Gasteiger partial charge on any atom is 0.274 e. The third-order valence-electron chi connectivity index (χ3n) is 2.79. The van der Waals surface area contributed by atoms with E-state index in [-0.39, 0.29) is 19.0 Å². The minimum absolute atomic E-state index is 0.143. The summed E-state index contributed by atoms with van der Waals surface area (Å²) in [5.41, 5.74) is 5.70. The molecule has 0 bridgehead atoms.